The van der Waals surface area contributed by atoms with Gasteiger partial charge in [-0.05, 0) is 19.1 Å². The Bertz CT molecular complexity index is 520. The normalized spacial score (nSPS) is 26.8. The lowest BCUT2D eigenvalue weighted by Gasteiger charge is -2.25. The van der Waals surface area contributed by atoms with E-state index in [1.165, 1.54) is 0 Å². The van der Waals surface area contributed by atoms with Crippen molar-refractivity contribution in [2.45, 2.75) is 31.9 Å². The number of aromatic nitrogens is 1. The van der Waals surface area contributed by atoms with Crippen LogP contribution in [0, 0.1) is 6.92 Å². The molecule has 1 amide bonds. The number of ether oxygens (including phenoxy) is 1. The number of aryl methyl sites for hydroxylation is 1. The molecule has 2 atom stereocenters. The molecule has 5 nitrogen and oxygen atoms in total. The zero-order valence-electron chi connectivity index (χ0n) is 12.8. The standard InChI is InChI=1S/C16H23N3O2/c1-12-4-3-5-13(17-12)6-8-19-10-14-15(11-19)21-9-7-16(20)18(14)2/h3-5,14-15H,6-11H2,1-2H3/t14-,15-/m0/s1. The summed E-state index contributed by atoms with van der Waals surface area (Å²) < 4.78 is 5.85. The molecule has 21 heavy (non-hydrogen) atoms. The molecule has 3 heterocycles. The van der Waals surface area contributed by atoms with Crippen LogP contribution in [0.3, 0.4) is 0 Å². The van der Waals surface area contributed by atoms with Gasteiger partial charge in [0.15, 0.2) is 0 Å². The van der Waals surface area contributed by atoms with Crippen molar-refractivity contribution in [2.24, 2.45) is 0 Å². The lowest BCUT2D eigenvalue weighted by atomic mass is 10.2. The number of hydrogen-bond acceptors (Lipinski definition) is 4. The molecular weight excluding hydrogens is 266 g/mol. The molecule has 0 bridgehead atoms. The summed E-state index contributed by atoms with van der Waals surface area (Å²) in [6, 6.07) is 6.35. The molecule has 1 aromatic rings. The maximum Gasteiger partial charge on any atom is 0.225 e. The minimum Gasteiger partial charge on any atom is -0.374 e. The largest absolute Gasteiger partial charge is 0.374 e. The Balaban J connectivity index is 1.58. The third-order valence-electron chi connectivity index (χ3n) is 4.48. The second-order valence-corrected chi connectivity index (χ2v) is 6.01. The number of likely N-dealkylation sites (tertiary alicyclic amines) is 1. The van der Waals surface area contributed by atoms with Crippen LogP contribution < -0.4 is 0 Å². The molecule has 0 aromatic carbocycles. The van der Waals surface area contributed by atoms with Gasteiger partial charge in [-0.25, -0.2) is 0 Å². The van der Waals surface area contributed by atoms with Crippen molar-refractivity contribution in [3.63, 3.8) is 0 Å². The number of fused-ring (bicyclic) bond motifs is 1. The molecule has 2 fully saturated rings. The minimum absolute atomic E-state index is 0.159. The Morgan fingerprint density at radius 3 is 3.05 bits per heavy atom. The van der Waals surface area contributed by atoms with Crippen LogP contribution in [-0.4, -0.2) is 66.1 Å². The first-order valence-corrected chi connectivity index (χ1v) is 7.65. The second-order valence-electron chi connectivity index (χ2n) is 6.01. The fourth-order valence-corrected chi connectivity index (χ4v) is 3.22. The number of likely N-dealkylation sites (N-methyl/N-ethyl adjacent to an activating group) is 1. The Kier molecular flexibility index (Phi) is 4.22. The van der Waals surface area contributed by atoms with Crippen LogP contribution in [-0.2, 0) is 16.0 Å². The first-order valence-electron chi connectivity index (χ1n) is 7.65. The fraction of sp³-hybridized carbons (Fsp3) is 0.625. The Morgan fingerprint density at radius 2 is 2.24 bits per heavy atom. The summed E-state index contributed by atoms with van der Waals surface area (Å²) >= 11 is 0. The number of amides is 1. The van der Waals surface area contributed by atoms with Crippen molar-refractivity contribution < 1.29 is 9.53 Å². The highest BCUT2D eigenvalue weighted by molar-refractivity contribution is 5.76. The number of carbonyl (C=O) groups is 1. The maximum atomic E-state index is 11.9. The molecule has 0 radical (unpaired) electrons. The van der Waals surface area contributed by atoms with E-state index in [0.717, 1.165) is 37.4 Å². The Hall–Kier alpha value is -1.46. The molecule has 0 spiro atoms. The van der Waals surface area contributed by atoms with Crippen molar-refractivity contribution in [1.29, 1.82) is 0 Å². The van der Waals surface area contributed by atoms with Crippen molar-refractivity contribution in [1.82, 2.24) is 14.8 Å². The molecule has 5 heteroatoms. The highest BCUT2D eigenvalue weighted by Crippen LogP contribution is 2.22. The van der Waals surface area contributed by atoms with E-state index in [0.29, 0.717) is 13.0 Å². The molecule has 2 aliphatic heterocycles. The third kappa shape index (κ3) is 3.24. The number of hydrogen-bond donors (Lipinski definition) is 0. The van der Waals surface area contributed by atoms with Crippen molar-refractivity contribution in [2.75, 3.05) is 33.3 Å². The van der Waals surface area contributed by atoms with Gasteiger partial charge in [0.05, 0.1) is 25.2 Å². The highest BCUT2D eigenvalue weighted by atomic mass is 16.5. The Morgan fingerprint density at radius 1 is 1.38 bits per heavy atom. The van der Waals surface area contributed by atoms with E-state index in [4.69, 9.17) is 4.74 Å². The zero-order chi connectivity index (χ0) is 14.8. The van der Waals surface area contributed by atoms with Crippen LogP contribution in [0.5, 0.6) is 0 Å². The molecule has 1 aromatic heterocycles. The van der Waals surface area contributed by atoms with Crippen LogP contribution in [0.1, 0.15) is 17.8 Å². The first kappa shape index (κ1) is 14.5. The van der Waals surface area contributed by atoms with Gasteiger partial charge in [0.2, 0.25) is 5.91 Å². The van der Waals surface area contributed by atoms with E-state index >= 15 is 0 Å². The first-order chi connectivity index (χ1) is 10.1. The average Bonchev–Trinajstić information content (AvgIpc) is 2.82. The SMILES string of the molecule is Cc1cccc(CCN2C[C@@H]3OCCC(=O)N(C)[C@H]3C2)n1. The van der Waals surface area contributed by atoms with Gasteiger partial charge in [0.1, 0.15) is 0 Å². The van der Waals surface area contributed by atoms with E-state index in [1.807, 2.05) is 24.9 Å². The molecule has 0 aliphatic carbocycles. The lowest BCUT2D eigenvalue weighted by molar-refractivity contribution is -0.131. The number of rotatable bonds is 3. The second kappa shape index (κ2) is 6.12. The topological polar surface area (TPSA) is 45.7 Å². The van der Waals surface area contributed by atoms with Gasteiger partial charge in [-0.2, -0.15) is 0 Å². The Labute approximate surface area is 125 Å². The lowest BCUT2D eigenvalue weighted by Crippen LogP contribution is -2.42. The summed E-state index contributed by atoms with van der Waals surface area (Å²) in [5, 5.41) is 0. The highest BCUT2D eigenvalue weighted by Gasteiger charge is 2.39. The van der Waals surface area contributed by atoms with Crippen LogP contribution in [0.4, 0.5) is 0 Å². The van der Waals surface area contributed by atoms with Gasteiger partial charge < -0.3 is 9.64 Å². The molecule has 114 valence electrons. The predicted molar refractivity (Wildman–Crippen MR) is 80.0 cm³/mol. The van der Waals surface area contributed by atoms with Crippen molar-refractivity contribution in [3.8, 4) is 0 Å². The van der Waals surface area contributed by atoms with Crippen LogP contribution in [0.2, 0.25) is 0 Å². The molecule has 3 rings (SSSR count). The monoisotopic (exact) mass is 289 g/mol. The summed E-state index contributed by atoms with van der Waals surface area (Å²) in [6.45, 7) is 5.35. The summed E-state index contributed by atoms with van der Waals surface area (Å²) in [5.41, 5.74) is 2.19. The van der Waals surface area contributed by atoms with Crippen LogP contribution in [0.25, 0.3) is 0 Å². The predicted octanol–water partition coefficient (Wildman–Crippen LogP) is 0.864. The summed E-state index contributed by atoms with van der Waals surface area (Å²) in [5.74, 6) is 0.199. The molecule has 0 saturated carbocycles. The minimum atomic E-state index is 0.159. The van der Waals surface area contributed by atoms with Gasteiger partial charge >= 0.3 is 0 Å². The molecule has 0 N–H and O–H groups in total. The van der Waals surface area contributed by atoms with Crippen LogP contribution >= 0.6 is 0 Å². The number of pyridine rings is 1. The van der Waals surface area contributed by atoms with Crippen molar-refractivity contribution >= 4 is 5.91 Å². The molecule has 2 aliphatic rings. The van der Waals surface area contributed by atoms with Gasteiger partial charge in [-0.1, -0.05) is 6.07 Å². The van der Waals surface area contributed by atoms with E-state index in [1.54, 1.807) is 0 Å². The molecule has 2 saturated heterocycles. The summed E-state index contributed by atoms with van der Waals surface area (Å²) in [7, 11) is 1.90. The van der Waals surface area contributed by atoms with Gasteiger partial charge in [-0.15, -0.1) is 0 Å². The molecular formula is C16H23N3O2. The summed E-state index contributed by atoms with van der Waals surface area (Å²) in [6.07, 6.45) is 1.61. The van der Waals surface area contributed by atoms with Crippen molar-refractivity contribution in [3.05, 3.63) is 29.6 Å². The van der Waals surface area contributed by atoms with Gasteiger partial charge in [0, 0.05) is 44.5 Å². The van der Waals surface area contributed by atoms with Gasteiger partial charge in [-0.3, -0.25) is 14.7 Å². The maximum absolute atomic E-state index is 11.9. The van der Waals surface area contributed by atoms with Gasteiger partial charge in [0.25, 0.3) is 0 Å². The van der Waals surface area contributed by atoms with Crippen LogP contribution in [0.15, 0.2) is 18.2 Å². The molecule has 0 unspecified atom stereocenters. The van der Waals surface area contributed by atoms with E-state index in [-0.39, 0.29) is 18.1 Å². The average molecular weight is 289 g/mol. The van der Waals surface area contributed by atoms with E-state index < -0.39 is 0 Å². The quantitative estimate of drug-likeness (QED) is 0.828. The zero-order valence-corrected chi connectivity index (χ0v) is 12.8. The number of nitrogens with zero attached hydrogens (tertiary/aromatic N) is 3. The van der Waals surface area contributed by atoms with E-state index in [2.05, 4.69) is 22.0 Å². The fourth-order valence-electron chi connectivity index (χ4n) is 3.22. The third-order valence-corrected chi connectivity index (χ3v) is 4.48. The smallest absolute Gasteiger partial charge is 0.225 e. The summed E-state index contributed by atoms with van der Waals surface area (Å²) in [4.78, 5) is 20.7. The number of carbonyl (C=O) groups excluding carboxylic acids is 1. The van der Waals surface area contributed by atoms with E-state index in [9.17, 15) is 4.79 Å².